The number of sulfonamides is 1. The lowest BCUT2D eigenvalue weighted by molar-refractivity contribution is -0.120. The molecule has 2 heterocycles. The fraction of sp³-hybridized carbons (Fsp3) is 0.636. The van der Waals surface area contributed by atoms with Crippen molar-refractivity contribution in [3.63, 3.8) is 0 Å². The second kappa shape index (κ2) is 16.4. The molecule has 2 N–H and O–H groups in total. The van der Waals surface area contributed by atoms with Crippen LogP contribution in [0.3, 0.4) is 0 Å². The molecule has 0 bridgehead atoms. The van der Waals surface area contributed by atoms with Crippen LogP contribution in [0.2, 0.25) is 0 Å². The van der Waals surface area contributed by atoms with Gasteiger partial charge in [0.25, 0.3) is 15.9 Å². The van der Waals surface area contributed by atoms with E-state index in [0.717, 1.165) is 51.4 Å². The van der Waals surface area contributed by atoms with E-state index in [2.05, 4.69) is 5.32 Å². The van der Waals surface area contributed by atoms with Crippen molar-refractivity contribution in [3.8, 4) is 5.75 Å². The lowest BCUT2D eigenvalue weighted by Crippen LogP contribution is -2.48. The van der Waals surface area contributed by atoms with E-state index in [9.17, 15) is 23.1 Å². The van der Waals surface area contributed by atoms with E-state index in [-0.39, 0.29) is 53.7 Å². The van der Waals surface area contributed by atoms with Crippen LogP contribution in [0, 0.1) is 11.8 Å². The zero-order valence-electron chi connectivity index (χ0n) is 26.9. The molecule has 2 aromatic rings. The number of thiophene rings is 1. The highest BCUT2D eigenvalue weighted by Gasteiger charge is 2.33. The second-order valence-electron chi connectivity index (χ2n) is 12.6. The Labute approximate surface area is 272 Å². The van der Waals surface area contributed by atoms with Crippen LogP contribution in [-0.4, -0.2) is 86.1 Å². The first-order chi connectivity index (χ1) is 21.5. The van der Waals surface area contributed by atoms with Crippen molar-refractivity contribution in [1.82, 2.24) is 9.21 Å². The number of rotatable bonds is 8. The lowest BCUT2D eigenvalue weighted by Gasteiger charge is -2.35. The minimum absolute atomic E-state index is 0.0342. The molecule has 4 atom stereocenters. The first-order valence-corrected chi connectivity index (χ1v) is 18.5. The number of benzene rings is 1. The van der Waals surface area contributed by atoms with Crippen LogP contribution >= 0.6 is 11.3 Å². The molecule has 1 aromatic heterocycles. The number of nitrogens with one attached hydrogen (secondary N) is 1. The Morgan fingerprint density at radius 2 is 1.87 bits per heavy atom. The molecule has 2 aliphatic rings. The van der Waals surface area contributed by atoms with E-state index in [1.54, 1.807) is 54.6 Å². The van der Waals surface area contributed by atoms with E-state index >= 15 is 0 Å². The van der Waals surface area contributed by atoms with Gasteiger partial charge in [0.15, 0.2) is 0 Å². The maximum Gasteiger partial charge on any atom is 0.258 e. The summed E-state index contributed by atoms with van der Waals surface area (Å²) in [5.41, 5.74) is 0.837. The standard InChI is InChI=1S/C33H49N3O7S2/c1-23-20-36(24(2)22-37)33(39)28-19-27(34-32(38)26-12-6-5-7-13-26)15-16-29(28)43-25(3)11-8-9-17-42-30(23)21-35(4)45(40,41)31-14-10-18-44-31/h10,14-16,18-19,23-26,30,37H,5-9,11-13,17,20-22H2,1-4H3,(H,34,38)/t23-,24-,25-,30-/m0/s1. The van der Waals surface area contributed by atoms with E-state index in [1.165, 1.54) is 15.6 Å². The van der Waals surface area contributed by atoms with Crippen molar-refractivity contribution in [2.75, 3.05) is 38.7 Å². The normalized spacial score (nSPS) is 23.6. The van der Waals surface area contributed by atoms with Gasteiger partial charge in [-0.25, -0.2) is 8.42 Å². The predicted molar refractivity (Wildman–Crippen MR) is 176 cm³/mol. The monoisotopic (exact) mass is 663 g/mol. The van der Waals surface area contributed by atoms with Gasteiger partial charge in [-0.1, -0.05) is 32.3 Å². The third-order valence-corrected chi connectivity index (χ3v) is 12.1. The van der Waals surface area contributed by atoms with Crippen LogP contribution in [-0.2, 0) is 19.6 Å². The summed E-state index contributed by atoms with van der Waals surface area (Å²) >= 11 is 1.17. The number of fused-ring (bicyclic) bond motifs is 1. The number of anilines is 1. The number of ether oxygens (including phenoxy) is 2. The highest BCUT2D eigenvalue weighted by molar-refractivity contribution is 7.91. The molecule has 45 heavy (non-hydrogen) atoms. The van der Waals surface area contributed by atoms with E-state index < -0.39 is 22.2 Å². The first-order valence-electron chi connectivity index (χ1n) is 16.2. The highest BCUT2D eigenvalue weighted by atomic mass is 32.2. The van der Waals surface area contributed by atoms with Gasteiger partial charge in [0.05, 0.1) is 30.4 Å². The second-order valence-corrected chi connectivity index (χ2v) is 15.8. The summed E-state index contributed by atoms with van der Waals surface area (Å²) in [5, 5.41) is 14.9. The molecular formula is C33H49N3O7S2. The number of likely N-dealkylation sites (N-methyl/N-ethyl adjacent to an activating group) is 1. The Morgan fingerprint density at radius 1 is 1.13 bits per heavy atom. The average Bonchev–Trinajstić information content (AvgIpc) is 3.59. The number of nitrogens with zero attached hydrogens (tertiary/aromatic N) is 2. The van der Waals surface area contributed by atoms with Crippen LogP contribution in [0.4, 0.5) is 5.69 Å². The minimum atomic E-state index is -3.69. The fourth-order valence-electron chi connectivity index (χ4n) is 5.99. The van der Waals surface area contributed by atoms with Gasteiger partial charge in [0.2, 0.25) is 5.91 Å². The minimum Gasteiger partial charge on any atom is -0.490 e. The molecule has 2 amide bonds. The van der Waals surface area contributed by atoms with Crippen molar-refractivity contribution in [1.29, 1.82) is 0 Å². The third-order valence-electron chi connectivity index (χ3n) is 8.89. The molecule has 1 fully saturated rings. The topological polar surface area (TPSA) is 125 Å². The van der Waals surface area contributed by atoms with Crippen LogP contribution in [0.15, 0.2) is 39.9 Å². The molecule has 1 aliphatic heterocycles. The van der Waals surface area contributed by atoms with Crippen molar-refractivity contribution in [2.24, 2.45) is 11.8 Å². The van der Waals surface area contributed by atoms with E-state index in [1.807, 2.05) is 13.8 Å². The maximum atomic E-state index is 14.3. The number of carbonyl (C=O) groups excluding carboxylic acids is 2. The molecular weight excluding hydrogens is 615 g/mol. The third kappa shape index (κ3) is 9.28. The number of carbonyl (C=O) groups is 2. The predicted octanol–water partition coefficient (Wildman–Crippen LogP) is 5.38. The Morgan fingerprint density at radius 3 is 2.56 bits per heavy atom. The summed E-state index contributed by atoms with van der Waals surface area (Å²) < 4.78 is 40.6. The summed E-state index contributed by atoms with van der Waals surface area (Å²) in [5.74, 6) is -0.255. The number of aliphatic hydroxyl groups excluding tert-OH is 1. The molecule has 12 heteroatoms. The molecule has 0 radical (unpaired) electrons. The van der Waals surface area contributed by atoms with Crippen LogP contribution in [0.5, 0.6) is 5.75 Å². The SMILES string of the molecule is C[C@H]1CCCCO[C@@H](CN(C)S(=O)(=O)c2cccs2)[C@@H](C)CN([C@@H](C)CO)C(=O)c2cc(NC(=O)C3CCCCC3)ccc2O1. The molecule has 1 saturated carbocycles. The first kappa shape index (κ1) is 35.3. The fourth-order valence-corrected chi connectivity index (χ4v) is 8.37. The van der Waals surface area contributed by atoms with Gasteiger partial charge >= 0.3 is 0 Å². The van der Waals surface area contributed by atoms with Crippen molar-refractivity contribution in [3.05, 3.63) is 41.3 Å². The summed E-state index contributed by atoms with van der Waals surface area (Å²) in [4.78, 5) is 29.0. The van der Waals surface area contributed by atoms with Gasteiger partial charge in [-0.3, -0.25) is 9.59 Å². The van der Waals surface area contributed by atoms with Gasteiger partial charge in [-0.05, 0) is 75.6 Å². The van der Waals surface area contributed by atoms with Gasteiger partial charge in [-0.2, -0.15) is 4.31 Å². The van der Waals surface area contributed by atoms with E-state index in [4.69, 9.17) is 9.47 Å². The largest absolute Gasteiger partial charge is 0.490 e. The van der Waals surface area contributed by atoms with Gasteiger partial charge in [0, 0.05) is 44.3 Å². The molecule has 0 spiro atoms. The summed E-state index contributed by atoms with van der Waals surface area (Å²) in [6.45, 7) is 6.18. The van der Waals surface area contributed by atoms with Crippen molar-refractivity contribution < 1.29 is 32.6 Å². The molecule has 0 saturated heterocycles. The summed E-state index contributed by atoms with van der Waals surface area (Å²) in [6.07, 6.45) is 6.62. The van der Waals surface area contributed by atoms with Crippen LogP contribution in [0.1, 0.15) is 82.5 Å². The number of hydrogen-bond donors (Lipinski definition) is 2. The number of amides is 2. The summed E-state index contributed by atoms with van der Waals surface area (Å²) in [6, 6.07) is 7.96. The Kier molecular flexibility index (Phi) is 12.8. The highest BCUT2D eigenvalue weighted by Crippen LogP contribution is 2.30. The average molecular weight is 664 g/mol. The van der Waals surface area contributed by atoms with Crippen LogP contribution in [0.25, 0.3) is 0 Å². The van der Waals surface area contributed by atoms with Crippen LogP contribution < -0.4 is 10.1 Å². The van der Waals surface area contributed by atoms with Gasteiger partial charge in [-0.15, -0.1) is 11.3 Å². The zero-order valence-corrected chi connectivity index (χ0v) is 28.6. The zero-order chi connectivity index (χ0) is 32.6. The van der Waals surface area contributed by atoms with Crippen molar-refractivity contribution >= 4 is 38.9 Å². The lowest BCUT2D eigenvalue weighted by atomic mass is 9.88. The van der Waals surface area contributed by atoms with Crippen molar-refractivity contribution in [2.45, 2.75) is 94.6 Å². The quantitative estimate of drug-likeness (QED) is 0.388. The number of aliphatic hydroxyl groups is 1. The Bertz CT molecular complexity index is 1360. The number of hydrogen-bond acceptors (Lipinski definition) is 8. The molecule has 10 nitrogen and oxygen atoms in total. The van der Waals surface area contributed by atoms with Gasteiger partial charge < -0.3 is 24.8 Å². The molecule has 1 aromatic carbocycles. The molecule has 4 rings (SSSR count). The van der Waals surface area contributed by atoms with Gasteiger partial charge in [0.1, 0.15) is 9.96 Å². The summed E-state index contributed by atoms with van der Waals surface area (Å²) in [7, 11) is -2.15. The van der Waals surface area contributed by atoms with E-state index in [0.29, 0.717) is 23.6 Å². The molecule has 250 valence electrons. The maximum absolute atomic E-state index is 14.3. The smallest absolute Gasteiger partial charge is 0.258 e. The Hall–Kier alpha value is -2.51. The molecule has 0 unspecified atom stereocenters. The molecule has 1 aliphatic carbocycles. The Balaban J connectivity index is 1.63.